The van der Waals surface area contributed by atoms with Gasteiger partial charge >= 0.3 is 0 Å². The topological polar surface area (TPSA) is 34.1 Å². The van der Waals surface area contributed by atoms with E-state index in [9.17, 15) is 4.39 Å². The van der Waals surface area contributed by atoms with Gasteiger partial charge in [0.05, 0.1) is 11.5 Å². The zero-order chi connectivity index (χ0) is 19.9. The van der Waals surface area contributed by atoms with Crippen molar-refractivity contribution in [3.05, 3.63) is 52.7 Å². The molecule has 1 aliphatic rings. The van der Waals surface area contributed by atoms with Gasteiger partial charge in [-0.25, -0.2) is 9.38 Å². The molecule has 3 rings (SSSR count). The molecule has 2 aromatic rings. The molecule has 1 N–H and O–H groups in total. The summed E-state index contributed by atoms with van der Waals surface area (Å²) < 4.78 is 14.0. The normalized spacial score (nSPS) is 15.4. The summed E-state index contributed by atoms with van der Waals surface area (Å²) in [7, 11) is 3.90. The lowest BCUT2D eigenvalue weighted by Crippen LogP contribution is -2.52. The third kappa shape index (κ3) is 5.45. The number of nitrogens with zero attached hydrogens (tertiary/aromatic N) is 4. The fourth-order valence-electron chi connectivity index (χ4n) is 3.37. The van der Waals surface area contributed by atoms with Crippen LogP contribution in [-0.4, -0.2) is 62.6 Å². The molecule has 1 fully saturated rings. The summed E-state index contributed by atoms with van der Waals surface area (Å²) in [5.41, 5.74) is 1.75. The number of benzene rings is 1. The van der Waals surface area contributed by atoms with Crippen LogP contribution in [0.4, 0.5) is 9.39 Å². The van der Waals surface area contributed by atoms with Crippen LogP contribution in [0.1, 0.15) is 18.1 Å². The van der Waals surface area contributed by atoms with Crippen molar-refractivity contribution in [3.8, 4) is 0 Å². The van der Waals surface area contributed by atoms with Gasteiger partial charge in [0.1, 0.15) is 5.82 Å². The van der Waals surface area contributed by atoms with Gasteiger partial charge in [0, 0.05) is 44.8 Å². The fraction of sp³-hybridized carbons (Fsp3) is 0.476. The molecule has 5 nitrogen and oxygen atoms in total. The van der Waals surface area contributed by atoms with E-state index >= 15 is 0 Å². The maximum absolute atomic E-state index is 14.0. The molecule has 0 aliphatic carbocycles. The molecule has 0 saturated carbocycles. The van der Waals surface area contributed by atoms with Crippen LogP contribution in [0, 0.1) is 5.82 Å². The highest BCUT2D eigenvalue weighted by atomic mass is 32.1. The molecule has 1 aromatic carbocycles. The number of aliphatic imine (C=N–C) groups is 1. The first-order valence-corrected chi connectivity index (χ1v) is 10.7. The van der Waals surface area contributed by atoms with E-state index in [0.717, 1.165) is 44.2 Å². The van der Waals surface area contributed by atoms with Crippen molar-refractivity contribution < 1.29 is 4.39 Å². The van der Waals surface area contributed by atoms with Crippen LogP contribution in [0.2, 0.25) is 0 Å². The van der Waals surface area contributed by atoms with Gasteiger partial charge in [0.2, 0.25) is 0 Å². The summed E-state index contributed by atoms with van der Waals surface area (Å²) in [6, 6.07) is 9.59. The van der Waals surface area contributed by atoms with E-state index in [-0.39, 0.29) is 5.82 Å². The number of piperazine rings is 1. The lowest BCUT2D eigenvalue weighted by molar-refractivity contribution is 0.373. The Kier molecular flexibility index (Phi) is 7.28. The predicted molar refractivity (Wildman–Crippen MR) is 117 cm³/mol. The van der Waals surface area contributed by atoms with Crippen LogP contribution in [0.15, 0.2) is 40.7 Å². The molecular formula is C21H30FN5S. The molecule has 1 saturated heterocycles. The first-order chi connectivity index (χ1) is 13.6. The smallest absolute Gasteiger partial charge is 0.194 e. The highest BCUT2D eigenvalue weighted by molar-refractivity contribution is 7.14. The van der Waals surface area contributed by atoms with Gasteiger partial charge in [-0.2, -0.15) is 0 Å². The van der Waals surface area contributed by atoms with Gasteiger partial charge < -0.3 is 20.0 Å². The summed E-state index contributed by atoms with van der Waals surface area (Å²) in [5.74, 6) is 0.782. The first kappa shape index (κ1) is 20.6. The Balaban J connectivity index is 1.65. The van der Waals surface area contributed by atoms with Crippen molar-refractivity contribution in [1.82, 2.24) is 15.1 Å². The quantitative estimate of drug-likeness (QED) is 0.593. The number of guanidine groups is 1. The fourth-order valence-corrected chi connectivity index (χ4v) is 4.15. The Bertz CT molecular complexity index is 767. The molecule has 1 aliphatic heterocycles. The highest BCUT2D eigenvalue weighted by Gasteiger charge is 2.20. The summed E-state index contributed by atoms with van der Waals surface area (Å²) in [6.45, 7) is 7.94. The van der Waals surface area contributed by atoms with Crippen molar-refractivity contribution in [2.45, 2.75) is 20.0 Å². The van der Waals surface area contributed by atoms with E-state index in [4.69, 9.17) is 4.99 Å². The maximum Gasteiger partial charge on any atom is 0.194 e. The van der Waals surface area contributed by atoms with Gasteiger partial charge in [0.25, 0.3) is 0 Å². The zero-order valence-electron chi connectivity index (χ0n) is 17.0. The summed E-state index contributed by atoms with van der Waals surface area (Å²) >= 11 is 1.79. The molecule has 2 heterocycles. The molecule has 1 aromatic heterocycles. The van der Waals surface area contributed by atoms with E-state index in [0.29, 0.717) is 18.7 Å². The van der Waals surface area contributed by atoms with Crippen LogP contribution < -0.4 is 10.2 Å². The molecule has 0 unspecified atom stereocenters. The Morgan fingerprint density at radius 1 is 1.21 bits per heavy atom. The molecule has 28 heavy (non-hydrogen) atoms. The van der Waals surface area contributed by atoms with Crippen LogP contribution in [0.25, 0.3) is 0 Å². The first-order valence-electron chi connectivity index (χ1n) is 9.80. The van der Waals surface area contributed by atoms with Crippen LogP contribution in [0.5, 0.6) is 0 Å². The average molecular weight is 404 g/mol. The molecule has 0 spiro atoms. The number of hydrogen-bond acceptors (Lipinski definition) is 4. The van der Waals surface area contributed by atoms with E-state index in [1.165, 1.54) is 5.00 Å². The maximum atomic E-state index is 14.0. The van der Waals surface area contributed by atoms with Crippen LogP contribution >= 0.6 is 11.3 Å². The monoisotopic (exact) mass is 403 g/mol. The molecule has 0 atom stereocenters. The van der Waals surface area contributed by atoms with Gasteiger partial charge in [0.15, 0.2) is 5.96 Å². The highest BCUT2D eigenvalue weighted by Crippen LogP contribution is 2.22. The van der Waals surface area contributed by atoms with Crippen molar-refractivity contribution in [1.29, 1.82) is 0 Å². The number of nitrogens with one attached hydrogen (secondary N) is 1. The second kappa shape index (κ2) is 9.89. The second-order valence-corrected chi connectivity index (χ2v) is 8.19. The van der Waals surface area contributed by atoms with E-state index in [2.05, 4.69) is 39.6 Å². The SMILES string of the molecule is CCNC(=NCc1ccc(F)c(CN(C)C)c1)N1CCN(c2cccs2)CC1. The lowest BCUT2D eigenvalue weighted by Gasteiger charge is -2.37. The summed E-state index contributed by atoms with van der Waals surface area (Å²) in [4.78, 5) is 11.5. The van der Waals surface area contributed by atoms with Gasteiger partial charge in [-0.3, -0.25) is 0 Å². The van der Waals surface area contributed by atoms with Crippen molar-refractivity contribution in [2.24, 2.45) is 4.99 Å². The number of hydrogen-bond donors (Lipinski definition) is 1. The number of anilines is 1. The van der Waals surface area contributed by atoms with E-state index in [1.807, 2.05) is 31.1 Å². The minimum absolute atomic E-state index is 0.155. The number of rotatable bonds is 6. The third-order valence-electron chi connectivity index (χ3n) is 4.74. The van der Waals surface area contributed by atoms with Crippen molar-refractivity contribution in [3.63, 3.8) is 0 Å². The number of halogens is 1. The van der Waals surface area contributed by atoms with Gasteiger partial charge in [-0.15, -0.1) is 11.3 Å². The van der Waals surface area contributed by atoms with E-state index in [1.54, 1.807) is 17.4 Å². The summed E-state index contributed by atoms with van der Waals surface area (Å²) in [6.07, 6.45) is 0. The largest absolute Gasteiger partial charge is 0.360 e. The van der Waals surface area contributed by atoms with Gasteiger partial charge in [-0.05, 0) is 56.2 Å². The zero-order valence-corrected chi connectivity index (χ0v) is 17.8. The summed E-state index contributed by atoms with van der Waals surface area (Å²) in [5, 5.41) is 6.87. The molecule has 0 radical (unpaired) electrons. The minimum atomic E-state index is -0.155. The average Bonchev–Trinajstić information content (AvgIpc) is 3.22. The standard InChI is InChI=1S/C21H30FN5S/c1-4-23-21(27-11-9-26(10-12-27)20-6-5-13-28-20)24-15-17-7-8-19(22)18(14-17)16-25(2)3/h5-8,13-14H,4,9-12,15-16H2,1-3H3,(H,23,24). The van der Waals surface area contributed by atoms with Gasteiger partial charge in [-0.1, -0.05) is 6.07 Å². The Hall–Kier alpha value is -2.12. The second-order valence-electron chi connectivity index (χ2n) is 7.26. The lowest BCUT2D eigenvalue weighted by atomic mass is 10.1. The minimum Gasteiger partial charge on any atom is -0.360 e. The molecule has 0 bridgehead atoms. The predicted octanol–water partition coefficient (Wildman–Crippen LogP) is 3.24. The number of thiophene rings is 1. The van der Waals surface area contributed by atoms with Crippen molar-refractivity contribution >= 4 is 22.3 Å². The molecular weight excluding hydrogens is 373 g/mol. The Morgan fingerprint density at radius 2 is 2.00 bits per heavy atom. The van der Waals surface area contributed by atoms with E-state index < -0.39 is 0 Å². The van der Waals surface area contributed by atoms with Crippen LogP contribution in [-0.2, 0) is 13.1 Å². The van der Waals surface area contributed by atoms with Crippen molar-refractivity contribution in [2.75, 3.05) is 51.7 Å². The Labute approximate surface area is 171 Å². The van der Waals surface area contributed by atoms with Crippen LogP contribution in [0.3, 0.4) is 0 Å². The molecule has 0 amide bonds. The molecule has 152 valence electrons. The Morgan fingerprint density at radius 3 is 2.64 bits per heavy atom. The third-order valence-corrected chi connectivity index (χ3v) is 5.67. The molecule has 7 heteroatoms.